The summed E-state index contributed by atoms with van der Waals surface area (Å²) < 4.78 is 0. The van der Waals surface area contributed by atoms with Crippen LogP contribution in [0.1, 0.15) is 30.0 Å². The van der Waals surface area contributed by atoms with E-state index in [1.165, 1.54) is 5.39 Å². The minimum absolute atomic E-state index is 0.0298. The molecule has 6 heteroatoms. The molecule has 1 atom stereocenters. The van der Waals surface area contributed by atoms with Gasteiger partial charge in [0.05, 0.1) is 0 Å². The van der Waals surface area contributed by atoms with Gasteiger partial charge < -0.3 is 16.0 Å². The van der Waals surface area contributed by atoms with Gasteiger partial charge >= 0.3 is 0 Å². The summed E-state index contributed by atoms with van der Waals surface area (Å²) in [6.45, 7) is 3.48. The number of amides is 1. The van der Waals surface area contributed by atoms with Gasteiger partial charge in [0.1, 0.15) is 6.04 Å². The molecule has 0 saturated carbocycles. The second-order valence-electron chi connectivity index (χ2n) is 7.63. The molecule has 0 spiro atoms. The van der Waals surface area contributed by atoms with E-state index in [0.717, 1.165) is 35.0 Å². The van der Waals surface area contributed by atoms with Gasteiger partial charge in [-0.05, 0) is 49.1 Å². The van der Waals surface area contributed by atoms with Crippen LogP contribution in [-0.4, -0.2) is 34.9 Å². The summed E-state index contributed by atoms with van der Waals surface area (Å²) in [6, 6.07) is 13.1. The SMILES string of the molecule is Cc1cncc2cccc(NC3CCN(C(=O)C(N)c4ccc(Cl)cc4)CC3)c12. The van der Waals surface area contributed by atoms with Crippen molar-refractivity contribution in [3.8, 4) is 0 Å². The summed E-state index contributed by atoms with van der Waals surface area (Å²) in [6.07, 6.45) is 5.57. The van der Waals surface area contributed by atoms with Crippen molar-refractivity contribution >= 4 is 34.0 Å². The maximum Gasteiger partial charge on any atom is 0.244 e. The third-order valence-electron chi connectivity index (χ3n) is 5.63. The normalized spacial score (nSPS) is 16.0. The lowest BCUT2D eigenvalue weighted by molar-refractivity contribution is -0.133. The zero-order chi connectivity index (χ0) is 20.4. The first-order valence-electron chi connectivity index (χ1n) is 9.92. The zero-order valence-corrected chi connectivity index (χ0v) is 17.2. The molecule has 3 aromatic rings. The standard InChI is InChI=1S/C23H25ClN4O/c1-15-13-26-14-17-3-2-4-20(21(15)17)27-19-9-11-28(12-10-19)23(29)22(25)16-5-7-18(24)8-6-16/h2-8,13-14,19,22,27H,9-12,25H2,1H3. The number of likely N-dealkylation sites (tertiary alicyclic amines) is 1. The predicted octanol–water partition coefficient (Wildman–Crippen LogP) is 4.30. The van der Waals surface area contributed by atoms with Crippen molar-refractivity contribution in [2.75, 3.05) is 18.4 Å². The highest BCUT2D eigenvalue weighted by molar-refractivity contribution is 6.30. The summed E-state index contributed by atoms with van der Waals surface area (Å²) in [5, 5.41) is 6.67. The number of hydrogen-bond acceptors (Lipinski definition) is 4. The molecule has 1 aromatic heterocycles. The van der Waals surface area contributed by atoms with Gasteiger partial charge in [-0.2, -0.15) is 0 Å². The molecule has 1 fully saturated rings. The van der Waals surface area contributed by atoms with Gasteiger partial charge in [0.15, 0.2) is 0 Å². The number of hydrogen-bond donors (Lipinski definition) is 2. The average Bonchev–Trinajstić information content (AvgIpc) is 2.74. The molecule has 4 rings (SSSR count). The molecule has 0 bridgehead atoms. The lowest BCUT2D eigenvalue weighted by Gasteiger charge is -2.34. The number of carbonyl (C=O) groups is 1. The van der Waals surface area contributed by atoms with Crippen LogP contribution in [0.25, 0.3) is 10.8 Å². The van der Waals surface area contributed by atoms with E-state index in [2.05, 4.69) is 35.4 Å². The predicted molar refractivity (Wildman–Crippen MR) is 118 cm³/mol. The summed E-state index contributed by atoms with van der Waals surface area (Å²) >= 11 is 5.93. The molecule has 0 radical (unpaired) electrons. The van der Waals surface area contributed by atoms with Crippen LogP contribution in [0.2, 0.25) is 5.02 Å². The first-order chi connectivity index (χ1) is 14.0. The Morgan fingerprint density at radius 1 is 1.17 bits per heavy atom. The van der Waals surface area contributed by atoms with Gasteiger partial charge in [-0.3, -0.25) is 9.78 Å². The van der Waals surface area contributed by atoms with Gasteiger partial charge in [0.25, 0.3) is 0 Å². The fourth-order valence-corrected chi connectivity index (χ4v) is 4.13. The molecule has 1 unspecified atom stereocenters. The Hall–Kier alpha value is -2.63. The van der Waals surface area contributed by atoms with E-state index in [1.54, 1.807) is 12.1 Å². The lowest BCUT2D eigenvalue weighted by atomic mass is 10.0. The van der Waals surface area contributed by atoms with Crippen LogP contribution in [0.4, 0.5) is 5.69 Å². The molecule has 1 aliphatic heterocycles. The number of pyridine rings is 1. The van der Waals surface area contributed by atoms with Crippen molar-refractivity contribution in [3.05, 3.63) is 71.0 Å². The van der Waals surface area contributed by atoms with Crippen LogP contribution >= 0.6 is 11.6 Å². The minimum Gasteiger partial charge on any atom is -0.382 e. The number of fused-ring (bicyclic) bond motifs is 1. The largest absolute Gasteiger partial charge is 0.382 e. The smallest absolute Gasteiger partial charge is 0.244 e. The topological polar surface area (TPSA) is 71.2 Å². The molecule has 2 heterocycles. The number of carbonyl (C=O) groups excluding carboxylic acids is 1. The minimum atomic E-state index is -0.648. The van der Waals surface area contributed by atoms with E-state index in [0.29, 0.717) is 24.2 Å². The van der Waals surface area contributed by atoms with Crippen molar-refractivity contribution in [2.45, 2.75) is 31.8 Å². The second-order valence-corrected chi connectivity index (χ2v) is 8.07. The van der Waals surface area contributed by atoms with Crippen LogP contribution in [0.5, 0.6) is 0 Å². The molecule has 3 N–H and O–H groups in total. The number of benzene rings is 2. The number of aryl methyl sites for hydroxylation is 1. The fraction of sp³-hybridized carbons (Fsp3) is 0.304. The fourth-order valence-electron chi connectivity index (χ4n) is 4.01. The summed E-state index contributed by atoms with van der Waals surface area (Å²) in [4.78, 5) is 19.0. The number of nitrogens with one attached hydrogen (secondary N) is 1. The second kappa shape index (κ2) is 8.39. The number of nitrogens with two attached hydrogens (primary N) is 1. The van der Waals surface area contributed by atoms with Crippen molar-refractivity contribution < 1.29 is 4.79 Å². The highest BCUT2D eigenvalue weighted by Gasteiger charge is 2.27. The summed E-state index contributed by atoms with van der Waals surface area (Å²) in [5.74, 6) is -0.0298. The number of aromatic nitrogens is 1. The Labute approximate surface area is 175 Å². The van der Waals surface area contributed by atoms with E-state index in [9.17, 15) is 4.79 Å². The van der Waals surface area contributed by atoms with Gasteiger partial charge in [-0.15, -0.1) is 0 Å². The van der Waals surface area contributed by atoms with Crippen molar-refractivity contribution in [1.29, 1.82) is 0 Å². The first-order valence-corrected chi connectivity index (χ1v) is 10.3. The monoisotopic (exact) mass is 408 g/mol. The summed E-state index contributed by atoms with van der Waals surface area (Å²) in [7, 11) is 0. The number of nitrogens with zero attached hydrogens (tertiary/aromatic N) is 2. The third kappa shape index (κ3) is 4.21. The maximum atomic E-state index is 12.8. The van der Waals surface area contributed by atoms with Crippen LogP contribution in [0.3, 0.4) is 0 Å². The third-order valence-corrected chi connectivity index (χ3v) is 5.89. The van der Waals surface area contributed by atoms with Crippen molar-refractivity contribution in [2.24, 2.45) is 5.73 Å². The van der Waals surface area contributed by atoms with E-state index >= 15 is 0 Å². The number of piperidine rings is 1. The maximum absolute atomic E-state index is 12.8. The van der Waals surface area contributed by atoms with E-state index < -0.39 is 6.04 Å². The molecular formula is C23H25ClN4O. The molecule has 0 aliphatic carbocycles. The highest BCUT2D eigenvalue weighted by Crippen LogP contribution is 2.28. The van der Waals surface area contributed by atoms with E-state index in [4.69, 9.17) is 17.3 Å². The van der Waals surface area contributed by atoms with E-state index in [-0.39, 0.29) is 5.91 Å². The highest BCUT2D eigenvalue weighted by atomic mass is 35.5. The van der Waals surface area contributed by atoms with Crippen molar-refractivity contribution in [1.82, 2.24) is 9.88 Å². The van der Waals surface area contributed by atoms with Crippen LogP contribution in [-0.2, 0) is 4.79 Å². The Kier molecular flexibility index (Phi) is 5.69. The van der Waals surface area contributed by atoms with Gasteiger partial charge in [0, 0.05) is 53.0 Å². The zero-order valence-electron chi connectivity index (χ0n) is 16.4. The average molecular weight is 409 g/mol. The molecule has 1 amide bonds. The molecule has 29 heavy (non-hydrogen) atoms. The molecule has 1 saturated heterocycles. The van der Waals surface area contributed by atoms with Crippen LogP contribution < -0.4 is 11.1 Å². The van der Waals surface area contributed by atoms with Gasteiger partial charge in [-0.25, -0.2) is 0 Å². The Morgan fingerprint density at radius 2 is 1.90 bits per heavy atom. The lowest BCUT2D eigenvalue weighted by Crippen LogP contribution is -2.45. The molecule has 5 nitrogen and oxygen atoms in total. The number of halogens is 1. The van der Waals surface area contributed by atoms with Crippen molar-refractivity contribution in [3.63, 3.8) is 0 Å². The summed E-state index contributed by atoms with van der Waals surface area (Å²) in [5.41, 5.74) is 9.28. The Morgan fingerprint density at radius 3 is 2.62 bits per heavy atom. The van der Waals surface area contributed by atoms with Gasteiger partial charge in [-0.1, -0.05) is 35.9 Å². The molecular weight excluding hydrogens is 384 g/mol. The number of rotatable bonds is 4. The molecule has 150 valence electrons. The first kappa shape index (κ1) is 19.7. The Bertz CT molecular complexity index is 1010. The number of anilines is 1. The Balaban J connectivity index is 1.40. The quantitative estimate of drug-likeness (QED) is 0.675. The molecule has 1 aliphatic rings. The molecule has 2 aromatic carbocycles. The van der Waals surface area contributed by atoms with E-state index in [1.807, 2.05) is 29.4 Å². The van der Waals surface area contributed by atoms with Crippen LogP contribution in [0.15, 0.2) is 54.9 Å². The van der Waals surface area contributed by atoms with Crippen LogP contribution in [0, 0.1) is 6.92 Å². The van der Waals surface area contributed by atoms with Gasteiger partial charge in [0.2, 0.25) is 5.91 Å².